The van der Waals surface area contributed by atoms with Crippen molar-refractivity contribution in [1.82, 2.24) is 5.32 Å². The normalized spacial score (nSPS) is 13.3. The standard InChI is InChI=1S/C19H18ClFN2O2S/c20-17-9-14(21)5-4-13(17)10-26-11-18(24)22-16-3-1-2-12(8-16)19(25)23-15-6-7-15/h1-5,8-9,15H,6-7,10-11H2,(H,22,24)(H,23,25). The molecule has 3 rings (SSSR count). The maximum absolute atomic E-state index is 13.0. The second-order valence-corrected chi connectivity index (χ2v) is 7.50. The first-order valence-corrected chi connectivity index (χ1v) is 9.77. The first kappa shape index (κ1) is 18.7. The number of benzene rings is 2. The van der Waals surface area contributed by atoms with Crippen molar-refractivity contribution in [2.24, 2.45) is 0 Å². The Morgan fingerprint density at radius 2 is 2.00 bits per heavy atom. The lowest BCUT2D eigenvalue weighted by molar-refractivity contribution is -0.113. The van der Waals surface area contributed by atoms with Crippen LogP contribution in [-0.4, -0.2) is 23.6 Å². The zero-order chi connectivity index (χ0) is 18.5. The van der Waals surface area contributed by atoms with E-state index in [0.29, 0.717) is 22.0 Å². The van der Waals surface area contributed by atoms with E-state index in [-0.39, 0.29) is 29.4 Å². The topological polar surface area (TPSA) is 58.2 Å². The van der Waals surface area contributed by atoms with E-state index in [0.717, 1.165) is 18.4 Å². The average Bonchev–Trinajstić information content (AvgIpc) is 3.41. The van der Waals surface area contributed by atoms with Gasteiger partial charge in [-0.3, -0.25) is 9.59 Å². The van der Waals surface area contributed by atoms with Crippen LogP contribution in [0.25, 0.3) is 0 Å². The van der Waals surface area contributed by atoms with E-state index < -0.39 is 0 Å². The Labute approximate surface area is 160 Å². The number of thioether (sulfide) groups is 1. The highest BCUT2D eigenvalue weighted by Crippen LogP contribution is 2.23. The fourth-order valence-corrected chi connectivity index (χ4v) is 3.47. The predicted molar refractivity (Wildman–Crippen MR) is 103 cm³/mol. The van der Waals surface area contributed by atoms with Crippen LogP contribution >= 0.6 is 23.4 Å². The molecule has 2 aromatic rings. The van der Waals surface area contributed by atoms with Crippen LogP contribution < -0.4 is 10.6 Å². The van der Waals surface area contributed by atoms with Crippen LogP contribution in [0.5, 0.6) is 0 Å². The zero-order valence-corrected chi connectivity index (χ0v) is 15.5. The van der Waals surface area contributed by atoms with Gasteiger partial charge in [-0.25, -0.2) is 4.39 Å². The molecule has 2 N–H and O–H groups in total. The van der Waals surface area contributed by atoms with Gasteiger partial charge in [-0.05, 0) is 48.7 Å². The summed E-state index contributed by atoms with van der Waals surface area (Å²) in [5.74, 6) is 0.0618. The van der Waals surface area contributed by atoms with Crippen molar-refractivity contribution >= 4 is 40.9 Å². The molecule has 0 unspecified atom stereocenters. The zero-order valence-electron chi connectivity index (χ0n) is 13.9. The molecule has 7 heteroatoms. The molecule has 2 amide bonds. The lowest BCUT2D eigenvalue weighted by atomic mass is 10.2. The Hall–Kier alpha value is -2.05. The number of carbonyl (C=O) groups excluding carboxylic acids is 2. The summed E-state index contributed by atoms with van der Waals surface area (Å²) in [4.78, 5) is 24.1. The second-order valence-electron chi connectivity index (χ2n) is 6.11. The number of anilines is 1. The monoisotopic (exact) mass is 392 g/mol. The van der Waals surface area contributed by atoms with Gasteiger partial charge in [0.15, 0.2) is 0 Å². The summed E-state index contributed by atoms with van der Waals surface area (Å²) in [6.07, 6.45) is 2.05. The average molecular weight is 393 g/mol. The molecule has 0 spiro atoms. The molecule has 0 bridgehead atoms. The van der Waals surface area contributed by atoms with Crippen molar-refractivity contribution in [3.63, 3.8) is 0 Å². The molecule has 1 aliphatic carbocycles. The lowest BCUT2D eigenvalue weighted by Crippen LogP contribution is -2.25. The van der Waals surface area contributed by atoms with Gasteiger partial charge in [-0.15, -0.1) is 11.8 Å². The van der Waals surface area contributed by atoms with E-state index in [1.807, 2.05) is 0 Å². The summed E-state index contributed by atoms with van der Waals surface area (Å²) in [6.45, 7) is 0. The molecular formula is C19H18ClFN2O2S. The molecular weight excluding hydrogens is 375 g/mol. The highest BCUT2D eigenvalue weighted by atomic mass is 35.5. The van der Waals surface area contributed by atoms with Crippen molar-refractivity contribution in [3.8, 4) is 0 Å². The van der Waals surface area contributed by atoms with Crippen molar-refractivity contribution in [2.75, 3.05) is 11.1 Å². The largest absolute Gasteiger partial charge is 0.349 e. The van der Waals surface area contributed by atoms with E-state index in [2.05, 4.69) is 10.6 Å². The lowest BCUT2D eigenvalue weighted by Gasteiger charge is -2.08. The second kappa shape index (κ2) is 8.56. The third-order valence-corrected chi connectivity index (χ3v) is 5.16. The number of nitrogens with one attached hydrogen (secondary N) is 2. The first-order valence-electron chi connectivity index (χ1n) is 8.24. The SMILES string of the molecule is O=C(CSCc1ccc(F)cc1Cl)Nc1cccc(C(=O)NC2CC2)c1. The van der Waals surface area contributed by atoms with Crippen molar-refractivity contribution in [2.45, 2.75) is 24.6 Å². The minimum absolute atomic E-state index is 0.121. The van der Waals surface area contributed by atoms with E-state index in [1.54, 1.807) is 30.3 Å². The number of hydrogen-bond donors (Lipinski definition) is 2. The van der Waals surface area contributed by atoms with Crippen LogP contribution in [0.15, 0.2) is 42.5 Å². The van der Waals surface area contributed by atoms with Crippen LogP contribution in [0.4, 0.5) is 10.1 Å². The molecule has 1 aliphatic rings. The molecule has 0 atom stereocenters. The Bertz CT molecular complexity index is 827. The van der Waals surface area contributed by atoms with Gasteiger partial charge in [0.25, 0.3) is 5.91 Å². The van der Waals surface area contributed by atoms with E-state index >= 15 is 0 Å². The molecule has 2 aromatic carbocycles. The summed E-state index contributed by atoms with van der Waals surface area (Å²) in [5.41, 5.74) is 1.89. The summed E-state index contributed by atoms with van der Waals surface area (Å²) in [5, 5.41) is 6.05. The predicted octanol–water partition coefficient (Wildman–Crippen LogP) is 4.24. The quantitative estimate of drug-likeness (QED) is 0.740. The molecule has 0 aliphatic heterocycles. The fourth-order valence-electron chi connectivity index (χ4n) is 2.32. The van der Waals surface area contributed by atoms with Crippen molar-refractivity contribution < 1.29 is 14.0 Å². The van der Waals surface area contributed by atoms with E-state index in [9.17, 15) is 14.0 Å². The Morgan fingerprint density at radius 3 is 2.73 bits per heavy atom. The minimum Gasteiger partial charge on any atom is -0.349 e. The maximum Gasteiger partial charge on any atom is 0.251 e. The van der Waals surface area contributed by atoms with Gasteiger partial charge < -0.3 is 10.6 Å². The Kier molecular flexibility index (Phi) is 6.16. The van der Waals surface area contributed by atoms with E-state index in [1.165, 1.54) is 23.9 Å². The smallest absolute Gasteiger partial charge is 0.251 e. The summed E-state index contributed by atoms with van der Waals surface area (Å²) in [6, 6.07) is 11.4. The Balaban J connectivity index is 1.49. The van der Waals surface area contributed by atoms with Crippen LogP contribution in [0, 0.1) is 5.82 Å². The number of carbonyl (C=O) groups is 2. The van der Waals surface area contributed by atoms with Crippen LogP contribution in [0.1, 0.15) is 28.8 Å². The number of amides is 2. The molecule has 26 heavy (non-hydrogen) atoms. The highest BCUT2D eigenvalue weighted by Gasteiger charge is 2.23. The number of rotatable bonds is 7. The number of hydrogen-bond acceptors (Lipinski definition) is 3. The molecule has 136 valence electrons. The number of halogens is 2. The molecule has 1 saturated carbocycles. The summed E-state index contributed by atoms with van der Waals surface area (Å²) in [7, 11) is 0. The third-order valence-electron chi connectivity index (χ3n) is 3.83. The van der Waals surface area contributed by atoms with Gasteiger partial charge >= 0.3 is 0 Å². The van der Waals surface area contributed by atoms with Gasteiger partial charge in [0, 0.05) is 28.1 Å². The fraction of sp³-hybridized carbons (Fsp3) is 0.263. The minimum atomic E-state index is -0.382. The van der Waals surface area contributed by atoms with Crippen LogP contribution in [0.2, 0.25) is 5.02 Å². The van der Waals surface area contributed by atoms with Gasteiger partial charge in [0.2, 0.25) is 5.91 Å². The van der Waals surface area contributed by atoms with Crippen LogP contribution in [0.3, 0.4) is 0 Å². The first-order chi connectivity index (χ1) is 12.5. The summed E-state index contributed by atoms with van der Waals surface area (Å²) >= 11 is 7.35. The van der Waals surface area contributed by atoms with Crippen molar-refractivity contribution in [3.05, 3.63) is 64.4 Å². The molecule has 0 aromatic heterocycles. The summed E-state index contributed by atoms with van der Waals surface area (Å²) < 4.78 is 13.0. The van der Waals surface area contributed by atoms with E-state index in [4.69, 9.17) is 11.6 Å². The molecule has 4 nitrogen and oxygen atoms in total. The molecule has 0 radical (unpaired) electrons. The van der Waals surface area contributed by atoms with Crippen molar-refractivity contribution in [1.29, 1.82) is 0 Å². The Morgan fingerprint density at radius 1 is 1.19 bits per heavy atom. The third kappa shape index (κ3) is 5.47. The van der Waals surface area contributed by atoms with Gasteiger partial charge in [-0.1, -0.05) is 23.7 Å². The van der Waals surface area contributed by atoms with Gasteiger partial charge in [-0.2, -0.15) is 0 Å². The van der Waals surface area contributed by atoms with Crippen LogP contribution in [-0.2, 0) is 10.5 Å². The van der Waals surface area contributed by atoms with Gasteiger partial charge in [0.05, 0.1) is 5.75 Å². The highest BCUT2D eigenvalue weighted by molar-refractivity contribution is 7.99. The van der Waals surface area contributed by atoms with Gasteiger partial charge in [0.1, 0.15) is 5.82 Å². The maximum atomic E-state index is 13.0. The molecule has 0 heterocycles. The molecule has 0 saturated heterocycles. The molecule has 1 fully saturated rings.